The van der Waals surface area contributed by atoms with E-state index in [0.29, 0.717) is 31.2 Å². The predicted octanol–water partition coefficient (Wildman–Crippen LogP) is 1.71. The Morgan fingerprint density at radius 3 is 2.57 bits per heavy atom. The number of piperazine rings is 1. The number of amides is 2. The molecule has 0 aromatic heterocycles. The number of halogens is 2. The van der Waals surface area contributed by atoms with Crippen LogP contribution in [0.5, 0.6) is 0 Å². The number of anilines is 1. The molecule has 6 nitrogen and oxygen atoms in total. The highest BCUT2D eigenvalue weighted by atomic mass is 35.5. The van der Waals surface area contributed by atoms with Gasteiger partial charge in [-0.05, 0) is 18.2 Å². The molecule has 1 aromatic carbocycles. The maximum absolute atomic E-state index is 13.5. The number of nitrogens with one attached hydrogen (secondary N) is 1. The molecule has 0 spiro atoms. The van der Waals surface area contributed by atoms with Crippen molar-refractivity contribution in [1.82, 2.24) is 9.80 Å². The molecular weight excluding hydrogens is 301 g/mol. The number of hydrogen-bond donors (Lipinski definition) is 2. The van der Waals surface area contributed by atoms with Crippen LogP contribution in [0.2, 0.25) is 5.02 Å². The summed E-state index contributed by atoms with van der Waals surface area (Å²) in [6, 6.07) is 3.50. The van der Waals surface area contributed by atoms with E-state index in [2.05, 4.69) is 5.32 Å². The Balaban J connectivity index is 1.90. The molecule has 114 valence electrons. The van der Waals surface area contributed by atoms with Gasteiger partial charge in [0, 0.05) is 31.2 Å². The lowest BCUT2D eigenvalue weighted by molar-refractivity contribution is -0.138. The first-order chi connectivity index (χ1) is 9.95. The van der Waals surface area contributed by atoms with Crippen molar-refractivity contribution >= 4 is 29.3 Å². The Morgan fingerprint density at radius 1 is 1.29 bits per heavy atom. The molecule has 0 saturated carbocycles. The number of carboxylic acids is 1. The van der Waals surface area contributed by atoms with Gasteiger partial charge in [-0.15, -0.1) is 0 Å². The average Bonchev–Trinajstić information content (AvgIpc) is 2.43. The first-order valence-corrected chi connectivity index (χ1v) is 6.78. The molecule has 2 N–H and O–H groups in total. The van der Waals surface area contributed by atoms with Crippen molar-refractivity contribution < 1.29 is 19.1 Å². The summed E-state index contributed by atoms with van der Waals surface area (Å²) in [5.74, 6) is -1.45. The minimum Gasteiger partial charge on any atom is -0.480 e. The van der Waals surface area contributed by atoms with Gasteiger partial charge in [0.05, 0.1) is 12.2 Å². The van der Waals surface area contributed by atoms with E-state index in [9.17, 15) is 14.0 Å². The van der Waals surface area contributed by atoms with Crippen LogP contribution in [0, 0.1) is 5.82 Å². The standard InChI is InChI=1S/C13H15ClFN3O3/c14-9-1-2-10(15)11(7-9)16-13(21)18-5-3-17(4-6-18)8-12(19)20/h1-2,7H,3-6,8H2,(H,16,21)(H,19,20). The second-order valence-electron chi connectivity index (χ2n) is 4.71. The molecule has 1 aliphatic heterocycles. The predicted molar refractivity (Wildman–Crippen MR) is 76.1 cm³/mol. The Morgan fingerprint density at radius 2 is 1.95 bits per heavy atom. The van der Waals surface area contributed by atoms with E-state index in [1.807, 2.05) is 0 Å². The lowest BCUT2D eigenvalue weighted by Gasteiger charge is -2.33. The Labute approximate surface area is 126 Å². The summed E-state index contributed by atoms with van der Waals surface area (Å²) in [6.45, 7) is 1.68. The number of benzene rings is 1. The second-order valence-corrected chi connectivity index (χ2v) is 5.15. The fourth-order valence-corrected chi connectivity index (χ4v) is 2.26. The lowest BCUT2D eigenvalue weighted by atomic mass is 10.3. The maximum atomic E-state index is 13.5. The van der Waals surface area contributed by atoms with Crippen molar-refractivity contribution in [3.8, 4) is 0 Å². The molecule has 1 saturated heterocycles. The maximum Gasteiger partial charge on any atom is 0.322 e. The van der Waals surface area contributed by atoms with Crippen molar-refractivity contribution in [2.24, 2.45) is 0 Å². The number of nitrogens with zero attached hydrogens (tertiary/aromatic N) is 2. The zero-order valence-corrected chi connectivity index (χ0v) is 11.9. The molecule has 0 atom stereocenters. The third-order valence-electron chi connectivity index (χ3n) is 3.19. The molecule has 1 aromatic rings. The Hall–Kier alpha value is -1.86. The van der Waals surface area contributed by atoms with Gasteiger partial charge < -0.3 is 15.3 Å². The SMILES string of the molecule is O=C(O)CN1CCN(C(=O)Nc2cc(Cl)ccc2F)CC1. The van der Waals surface area contributed by atoms with Crippen molar-refractivity contribution in [2.45, 2.75) is 0 Å². The topological polar surface area (TPSA) is 72.9 Å². The number of carboxylic acid groups (broad SMARTS) is 1. The van der Waals surface area contributed by atoms with Gasteiger partial charge in [-0.1, -0.05) is 11.6 Å². The summed E-state index contributed by atoms with van der Waals surface area (Å²) in [5, 5.41) is 11.5. The number of hydrogen-bond acceptors (Lipinski definition) is 3. The number of aliphatic carboxylic acids is 1. The Kier molecular flexibility index (Phi) is 4.98. The fraction of sp³-hybridized carbons (Fsp3) is 0.385. The summed E-state index contributed by atoms with van der Waals surface area (Å²) in [5.41, 5.74) is 0.0282. The van der Waals surface area contributed by atoms with Crippen LogP contribution in [0.1, 0.15) is 0 Å². The molecule has 2 rings (SSSR count). The van der Waals surface area contributed by atoms with Crippen molar-refractivity contribution in [3.63, 3.8) is 0 Å². The molecule has 1 heterocycles. The van der Waals surface area contributed by atoms with E-state index in [4.69, 9.17) is 16.7 Å². The molecule has 1 fully saturated rings. The zero-order valence-electron chi connectivity index (χ0n) is 11.2. The normalized spacial score (nSPS) is 15.8. The number of rotatable bonds is 3. The molecule has 0 bridgehead atoms. The third-order valence-corrected chi connectivity index (χ3v) is 3.42. The summed E-state index contributed by atoms with van der Waals surface area (Å²) >= 11 is 5.76. The van der Waals surface area contributed by atoms with Crippen LogP contribution >= 0.6 is 11.6 Å². The summed E-state index contributed by atoms with van der Waals surface area (Å²) in [7, 11) is 0. The van der Waals surface area contributed by atoms with E-state index in [-0.39, 0.29) is 12.2 Å². The van der Waals surface area contributed by atoms with Gasteiger partial charge in [-0.25, -0.2) is 9.18 Å². The molecule has 1 aliphatic rings. The van der Waals surface area contributed by atoms with Gasteiger partial charge >= 0.3 is 12.0 Å². The van der Waals surface area contributed by atoms with Crippen molar-refractivity contribution in [1.29, 1.82) is 0 Å². The molecule has 8 heteroatoms. The summed E-state index contributed by atoms with van der Waals surface area (Å²) < 4.78 is 13.5. The minimum absolute atomic E-state index is 0.0282. The van der Waals surface area contributed by atoms with E-state index < -0.39 is 17.8 Å². The van der Waals surface area contributed by atoms with E-state index in [1.54, 1.807) is 4.90 Å². The van der Waals surface area contributed by atoms with Crippen LogP contribution < -0.4 is 5.32 Å². The van der Waals surface area contributed by atoms with Crippen LogP contribution in [-0.2, 0) is 4.79 Å². The Bertz CT molecular complexity index is 547. The highest BCUT2D eigenvalue weighted by Gasteiger charge is 2.22. The quantitative estimate of drug-likeness (QED) is 0.890. The third kappa shape index (κ3) is 4.30. The van der Waals surface area contributed by atoms with E-state index in [1.165, 1.54) is 23.1 Å². The second kappa shape index (κ2) is 6.73. The van der Waals surface area contributed by atoms with Crippen molar-refractivity contribution in [2.75, 3.05) is 38.0 Å². The number of carbonyl (C=O) groups is 2. The van der Waals surface area contributed by atoms with Crippen LogP contribution in [-0.4, -0.2) is 59.6 Å². The van der Waals surface area contributed by atoms with Gasteiger partial charge in [0.2, 0.25) is 0 Å². The first-order valence-electron chi connectivity index (χ1n) is 6.41. The van der Waals surface area contributed by atoms with Crippen molar-refractivity contribution in [3.05, 3.63) is 29.0 Å². The van der Waals surface area contributed by atoms with Gasteiger partial charge in [-0.2, -0.15) is 0 Å². The van der Waals surface area contributed by atoms with Gasteiger partial charge in [0.1, 0.15) is 5.82 Å². The average molecular weight is 316 g/mol. The molecule has 0 aliphatic carbocycles. The minimum atomic E-state index is -0.895. The van der Waals surface area contributed by atoms with Gasteiger partial charge in [0.25, 0.3) is 0 Å². The highest BCUT2D eigenvalue weighted by molar-refractivity contribution is 6.30. The van der Waals surface area contributed by atoms with E-state index in [0.717, 1.165) is 0 Å². The molecule has 21 heavy (non-hydrogen) atoms. The molecule has 0 unspecified atom stereocenters. The smallest absolute Gasteiger partial charge is 0.322 e. The van der Waals surface area contributed by atoms with E-state index >= 15 is 0 Å². The molecular formula is C13H15ClFN3O3. The zero-order chi connectivity index (χ0) is 15.4. The number of carbonyl (C=O) groups excluding carboxylic acids is 1. The largest absolute Gasteiger partial charge is 0.480 e. The van der Waals surface area contributed by atoms with Crippen LogP contribution in [0.3, 0.4) is 0 Å². The first kappa shape index (κ1) is 15.5. The molecule has 0 radical (unpaired) electrons. The monoisotopic (exact) mass is 315 g/mol. The summed E-state index contributed by atoms with van der Waals surface area (Å²) in [4.78, 5) is 25.9. The summed E-state index contributed by atoms with van der Waals surface area (Å²) in [6.07, 6.45) is 0. The molecule has 2 amide bonds. The fourth-order valence-electron chi connectivity index (χ4n) is 2.09. The number of urea groups is 1. The van der Waals surface area contributed by atoms with Gasteiger partial charge in [-0.3, -0.25) is 9.69 Å². The highest BCUT2D eigenvalue weighted by Crippen LogP contribution is 2.20. The van der Waals surface area contributed by atoms with Crippen LogP contribution in [0.15, 0.2) is 18.2 Å². The van der Waals surface area contributed by atoms with Gasteiger partial charge in [0.15, 0.2) is 0 Å². The van der Waals surface area contributed by atoms with Crippen LogP contribution in [0.4, 0.5) is 14.9 Å². The van der Waals surface area contributed by atoms with Crippen LogP contribution in [0.25, 0.3) is 0 Å². The lowest BCUT2D eigenvalue weighted by Crippen LogP contribution is -2.51.